The number of pyridine rings is 1. The lowest BCUT2D eigenvalue weighted by atomic mass is 9.79. The number of esters is 5. The lowest BCUT2D eigenvalue weighted by Crippen LogP contribution is -2.34. The van der Waals surface area contributed by atoms with Gasteiger partial charge in [-0.2, -0.15) is 0 Å². The highest BCUT2D eigenvalue weighted by Gasteiger charge is 2.37. The van der Waals surface area contributed by atoms with Crippen LogP contribution in [0.2, 0.25) is 0 Å². The number of carboxylic acid groups (broad SMARTS) is 1. The lowest BCUT2D eigenvalue weighted by molar-refractivity contribution is -0.167. The fourth-order valence-corrected chi connectivity index (χ4v) is 7.05. The van der Waals surface area contributed by atoms with Crippen LogP contribution >= 0.6 is 0 Å². The first-order chi connectivity index (χ1) is 35.6. The molecule has 2 aliphatic carbocycles. The van der Waals surface area contributed by atoms with Crippen molar-refractivity contribution in [1.82, 2.24) is 4.98 Å². The molecule has 2 aliphatic rings. The first-order valence-electron chi connectivity index (χ1n) is 25.6. The van der Waals surface area contributed by atoms with Crippen LogP contribution in [0.4, 0.5) is 5.69 Å². The monoisotopic (exact) mass is 1060 g/mol. The van der Waals surface area contributed by atoms with E-state index in [9.17, 15) is 33.9 Å². The molecule has 0 aliphatic heterocycles. The van der Waals surface area contributed by atoms with E-state index in [0.29, 0.717) is 12.1 Å². The second-order valence-electron chi connectivity index (χ2n) is 18.7. The summed E-state index contributed by atoms with van der Waals surface area (Å²) in [5.41, 5.74) is 2.70. The highest BCUT2D eigenvalue weighted by Crippen LogP contribution is 2.41. The molecule has 420 valence electrons. The molecular formula is C59H86N4O13. The third-order valence-corrected chi connectivity index (χ3v) is 11.0. The predicted octanol–water partition coefficient (Wildman–Crippen LogP) is 10.9. The zero-order chi connectivity index (χ0) is 56.1. The molecule has 3 aromatic rings. The van der Waals surface area contributed by atoms with Crippen LogP contribution in [0.25, 0.3) is 0 Å². The Morgan fingerprint density at radius 1 is 0.605 bits per heavy atom. The summed E-state index contributed by atoms with van der Waals surface area (Å²) in [6, 6.07) is 27.1. The maximum absolute atomic E-state index is 12.4. The van der Waals surface area contributed by atoms with Crippen molar-refractivity contribution in [2.75, 3.05) is 45.4 Å². The van der Waals surface area contributed by atoms with Crippen molar-refractivity contribution in [3.05, 3.63) is 121 Å². The topological polar surface area (TPSA) is 230 Å². The number of carbonyl (C=O) groups is 6. The van der Waals surface area contributed by atoms with Crippen LogP contribution in [0.3, 0.4) is 0 Å². The van der Waals surface area contributed by atoms with Gasteiger partial charge in [0.25, 0.3) is 0 Å². The SMILES string of the molecule is C.C=C(C)C(=O)OCCOC(=O)CCC(=O)O.C=C(C)C(=O)OCCOC(=O)CCC(=O)OC1(c2ccccc2)CCCCC1.CC(C)N=C=NC(C)C.CN(C)c1ccncc1.OC1(c2ccccc2)CCCCC1. The van der Waals surface area contributed by atoms with E-state index in [-0.39, 0.29) is 70.7 Å². The minimum atomic E-state index is -1.06. The average molecular weight is 1060 g/mol. The summed E-state index contributed by atoms with van der Waals surface area (Å²) in [5, 5.41) is 18.6. The number of carboxylic acids is 1. The Kier molecular flexibility index (Phi) is 35.8. The number of anilines is 1. The Morgan fingerprint density at radius 2 is 1.00 bits per heavy atom. The minimum absolute atomic E-state index is 0. The summed E-state index contributed by atoms with van der Waals surface area (Å²) >= 11 is 0. The Labute approximate surface area is 451 Å². The number of aliphatic hydroxyl groups is 1. The number of aliphatic carboxylic acids is 1. The average Bonchev–Trinajstić information content (AvgIpc) is 3.39. The molecule has 17 heteroatoms. The Bertz CT molecular complexity index is 2220. The molecule has 5 rings (SSSR count). The number of aromatic nitrogens is 1. The predicted molar refractivity (Wildman–Crippen MR) is 296 cm³/mol. The van der Waals surface area contributed by atoms with Crippen LogP contribution < -0.4 is 4.90 Å². The Hall–Kier alpha value is -6.97. The van der Waals surface area contributed by atoms with E-state index in [1.165, 1.54) is 26.0 Å². The second kappa shape index (κ2) is 39.4. The first kappa shape index (κ1) is 69.0. The quantitative estimate of drug-likeness (QED) is 0.0352. The van der Waals surface area contributed by atoms with E-state index in [1.807, 2.05) is 119 Å². The zero-order valence-corrected chi connectivity index (χ0v) is 45.6. The summed E-state index contributed by atoms with van der Waals surface area (Å²) in [6.45, 7) is 17.6. The highest BCUT2D eigenvalue weighted by molar-refractivity contribution is 5.87. The van der Waals surface area contributed by atoms with Gasteiger partial charge < -0.3 is 38.8 Å². The number of hydrogen-bond acceptors (Lipinski definition) is 16. The van der Waals surface area contributed by atoms with E-state index in [4.69, 9.17) is 19.3 Å². The molecule has 0 amide bonds. The van der Waals surface area contributed by atoms with Crippen molar-refractivity contribution < 1.29 is 62.7 Å². The van der Waals surface area contributed by atoms with Gasteiger partial charge in [0.1, 0.15) is 32.0 Å². The molecule has 0 radical (unpaired) electrons. The van der Waals surface area contributed by atoms with Gasteiger partial charge in [0.15, 0.2) is 0 Å². The molecule has 0 unspecified atom stereocenters. The van der Waals surface area contributed by atoms with Crippen LogP contribution in [0.5, 0.6) is 0 Å². The van der Waals surface area contributed by atoms with Gasteiger partial charge in [-0.15, -0.1) is 0 Å². The van der Waals surface area contributed by atoms with Crippen molar-refractivity contribution in [2.24, 2.45) is 9.98 Å². The number of rotatable bonds is 20. The van der Waals surface area contributed by atoms with Crippen LogP contribution in [0, 0.1) is 0 Å². The van der Waals surface area contributed by atoms with Gasteiger partial charge in [0.2, 0.25) is 0 Å². The summed E-state index contributed by atoms with van der Waals surface area (Å²) < 4.78 is 24.9. The summed E-state index contributed by atoms with van der Waals surface area (Å²) in [7, 11) is 4.02. The standard InChI is InChI=1S/C22H28O6.C12H16O.C10H14O6.C7H10N2.C7H14N2.CH4/c1-17(2)21(25)27-16-15-26-19(23)11-12-20(24)28-22(13-7-4-8-14-22)18-9-5-3-6-10-18;13-12(9-5-2-6-10-12)11-7-3-1-4-8-11;1-7(2)10(14)16-6-5-15-9(13)4-3-8(11)12;1-9(2)7-3-5-8-6-4-7;1-6(2)8-5-9-7(3)4;/h3,5-6,9-10H,1,4,7-8,11-16H2,2H3;1,3-4,7-8,13H,2,5-6,9-10H2;1,3-6H2,2H3,(H,11,12);3-6H,1-2H3;6-7H,1-4H3;1H4. The first-order valence-corrected chi connectivity index (χ1v) is 25.6. The Balaban J connectivity index is 0.000000998. The number of nitrogens with zero attached hydrogens (tertiary/aromatic N) is 4. The maximum atomic E-state index is 12.4. The van der Waals surface area contributed by atoms with Gasteiger partial charge in [-0.3, -0.25) is 24.2 Å². The van der Waals surface area contributed by atoms with E-state index < -0.39 is 47.0 Å². The fraction of sp³-hybridized carbons (Fsp3) is 0.525. The zero-order valence-electron chi connectivity index (χ0n) is 45.6. The molecule has 0 bridgehead atoms. The molecule has 1 heterocycles. The lowest BCUT2D eigenvalue weighted by Gasteiger charge is -2.37. The largest absolute Gasteiger partial charge is 0.481 e. The fourth-order valence-electron chi connectivity index (χ4n) is 7.05. The molecule has 2 fully saturated rings. The van der Waals surface area contributed by atoms with Gasteiger partial charge in [0, 0.05) is 43.3 Å². The number of ether oxygens (including phenoxy) is 5. The number of hydrogen-bond donors (Lipinski definition) is 2. The summed E-state index contributed by atoms with van der Waals surface area (Å²) in [5.74, 6) is -3.71. The molecule has 0 atom stereocenters. The minimum Gasteiger partial charge on any atom is -0.481 e. The van der Waals surface area contributed by atoms with Crippen molar-refractivity contribution in [2.45, 2.75) is 162 Å². The molecular weight excluding hydrogens is 973 g/mol. The third-order valence-electron chi connectivity index (χ3n) is 11.0. The normalized spacial score (nSPS) is 13.5. The van der Waals surface area contributed by atoms with Gasteiger partial charge >= 0.3 is 35.8 Å². The van der Waals surface area contributed by atoms with Crippen LogP contribution in [-0.2, 0) is 63.7 Å². The summed E-state index contributed by atoms with van der Waals surface area (Å²) in [4.78, 5) is 81.1. The number of benzene rings is 2. The molecule has 0 spiro atoms. The van der Waals surface area contributed by atoms with Crippen molar-refractivity contribution >= 4 is 47.5 Å². The highest BCUT2D eigenvalue weighted by atomic mass is 16.6. The Morgan fingerprint density at radius 3 is 1.39 bits per heavy atom. The van der Waals surface area contributed by atoms with E-state index >= 15 is 0 Å². The molecule has 76 heavy (non-hydrogen) atoms. The molecule has 2 saturated carbocycles. The van der Waals surface area contributed by atoms with Gasteiger partial charge in [0.05, 0.1) is 49.4 Å². The molecule has 1 aromatic heterocycles. The molecule has 2 aromatic carbocycles. The molecule has 2 N–H and O–H groups in total. The van der Waals surface area contributed by atoms with Gasteiger partial charge in [-0.05, 0) is 103 Å². The van der Waals surface area contributed by atoms with Gasteiger partial charge in [-0.25, -0.2) is 19.6 Å². The van der Waals surface area contributed by atoms with E-state index in [0.717, 1.165) is 68.9 Å². The van der Waals surface area contributed by atoms with Crippen molar-refractivity contribution in [1.29, 1.82) is 0 Å². The van der Waals surface area contributed by atoms with Crippen LogP contribution in [0.1, 0.15) is 150 Å². The number of aliphatic imine (C=N–C) groups is 2. The smallest absolute Gasteiger partial charge is 0.333 e. The third kappa shape index (κ3) is 31.7. The van der Waals surface area contributed by atoms with Crippen molar-refractivity contribution in [3.63, 3.8) is 0 Å². The number of carbonyl (C=O) groups excluding carboxylic acids is 5. The van der Waals surface area contributed by atoms with Crippen LogP contribution in [0.15, 0.2) is 119 Å². The van der Waals surface area contributed by atoms with E-state index in [2.05, 4.69) is 43.6 Å². The summed E-state index contributed by atoms with van der Waals surface area (Å²) in [6.07, 6.45) is 13.2. The maximum Gasteiger partial charge on any atom is 0.333 e. The second-order valence-corrected chi connectivity index (χ2v) is 18.7. The van der Waals surface area contributed by atoms with Crippen molar-refractivity contribution in [3.8, 4) is 0 Å². The van der Waals surface area contributed by atoms with Gasteiger partial charge in [-0.1, -0.05) is 107 Å². The molecule has 0 saturated heterocycles. The van der Waals surface area contributed by atoms with Crippen LogP contribution in [-0.4, -0.2) is 110 Å². The van der Waals surface area contributed by atoms with E-state index in [1.54, 1.807) is 12.4 Å². The molecule has 17 nitrogen and oxygen atoms in total.